The molecular weight excluding hydrogens is 302 g/mol. The first-order valence-electron chi connectivity index (χ1n) is 7.41. The van der Waals surface area contributed by atoms with Gasteiger partial charge in [0.05, 0.1) is 11.9 Å². The van der Waals surface area contributed by atoms with Crippen LogP contribution < -0.4 is 5.32 Å². The molecule has 0 saturated carbocycles. The van der Waals surface area contributed by atoms with E-state index in [-0.39, 0.29) is 11.6 Å². The van der Waals surface area contributed by atoms with Crippen LogP contribution in [0, 0.1) is 0 Å². The summed E-state index contributed by atoms with van der Waals surface area (Å²) in [5.41, 5.74) is 3.73. The minimum Gasteiger partial charge on any atom is -0.321 e. The van der Waals surface area contributed by atoms with Crippen molar-refractivity contribution < 1.29 is 4.79 Å². The van der Waals surface area contributed by atoms with Crippen molar-refractivity contribution in [3.05, 3.63) is 79.1 Å². The number of benzene rings is 1. The van der Waals surface area contributed by atoms with Gasteiger partial charge in [-0.2, -0.15) is 0 Å². The summed E-state index contributed by atoms with van der Waals surface area (Å²) < 4.78 is 1.97. The minimum atomic E-state index is -0.288. The van der Waals surface area contributed by atoms with Gasteiger partial charge in [-0.3, -0.25) is 9.78 Å². The van der Waals surface area contributed by atoms with Crippen molar-refractivity contribution in [2.45, 2.75) is 0 Å². The number of rotatable bonds is 3. The van der Waals surface area contributed by atoms with Crippen LogP contribution in [0.25, 0.3) is 16.9 Å². The van der Waals surface area contributed by atoms with Gasteiger partial charge in [-0.1, -0.05) is 18.2 Å². The average molecular weight is 315 g/mol. The van der Waals surface area contributed by atoms with Crippen LogP contribution in [0.5, 0.6) is 0 Å². The van der Waals surface area contributed by atoms with Crippen molar-refractivity contribution in [3.8, 4) is 11.3 Å². The Kier molecular flexibility index (Phi) is 3.47. The molecule has 116 valence electrons. The summed E-state index contributed by atoms with van der Waals surface area (Å²) in [4.78, 5) is 24.5. The number of hydrogen-bond acceptors (Lipinski definition) is 4. The van der Waals surface area contributed by atoms with E-state index in [1.165, 1.54) is 18.6 Å². The Hall–Kier alpha value is -3.54. The summed E-state index contributed by atoms with van der Waals surface area (Å²) in [6, 6.07) is 13.4. The molecule has 4 aromatic rings. The Balaban J connectivity index is 1.55. The van der Waals surface area contributed by atoms with Crippen molar-refractivity contribution >= 4 is 17.2 Å². The second kappa shape index (κ2) is 5.92. The lowest BCUT2D eigenvalue weighted by Crippen LogP contribution is -2.13. The molecule has 3 aromatic heterocycles. The summed E-state index contributed by atoms with van der Waals surface area (Å²) in [5.74, 6) is -0.288. The fraction of sp³-hybridized carbons (Fsp3) is 0. The lowest BCUT2D eigenvalue weighted by molar-refractivity contribution is 0.102. The predicted octanol–water partition coefficient (Wildman–Crippen LogP) is 3.04. The number of amides is 1. The molecule has 6 nitrogen and oxygen atoms in total. The monoisotopic (exact) mass is 315 g/mol. The summed E-state index contributed by atoms with van der Waals surface area (Å²) in [6.07, 6.45) is 8.38. The van der Waals surface area contributed by atoms with Crippen LogP contribution >= 0.6 is 0 Å². The topological polar surface area (TPSA) is 72.2 Å². The summed E-state index contributed by atoms with van der Waals surface area (Å²) in [7, 11) is 0. The third kappa shape index (κ3) is 2.72. The largest absolute Gasteiger partial charge is 0.321 e. The number of hydrogen-bond donors (Lipinski definition) is 1. The van der Waals surface area contributed by atoms with E-state index in [1.54, 1.807) is 0 Å². The molecule has 0 aliphatic carbocycles. The third-order valence-electron chi connectivity index (χ3n) is 3.60. The number of carbonyl (C=O) groups excluding carboxylic acids is 1. The van der Waals surface area contributed by atoms with Gasteiger partial charge >= 0.3 is 0 Å². The molecule has 0 bridgehead atoms. The molecule has 0 spiro atoms. The maximum absolute atomic E-state index is 12.1. The van der Waals surface area contributed by atoms with Crippen LogP contribution in [0.15, 0.2) is 73.4 Å². The zero-order valence-electron chi connectivity index (χ0n) is 12.6. The second-order valence-electron chi connectivity index (χ2n) is 5.21. The lowest BCUT2D eigenvalue weighted by Gasteiger charge is -2.05. The highest BCUT2D eigenvalue weighted by Gasteiger charge is 2.08. The molecule has 6 heteroatoms. The molecule has 24 heavy (non-hydrogen) atoms. The van der Waals surface area contributed by atoms with Gasteiger partial charge in [0.25, 0.3) is 5.91 Å². The van der Waals surface area contributed by atoms with Gasteiger partial charge in [0, 0.05) is 36.0 Å². The van der Waals surface area contributed by atoms with Gasteiger partial charge in [-0.05, 0) is 24.3 Å². The molecular formula is C18H13N5O. The molecule has 0 aliphatic rings. The van der Waals surface area contributed by atoms with Crippen LogP contribution in [-0.4, -0.2) is 25.3 Å². The number of nitrogens with one attached hydrogen (secondary N) is 1. The lowest BCUT2D eigenvalue weighted by atomic mass is 10.1. The Morgan fingerprint density at radius 1 is 1.04 bits per heavy atom. The van der Waals surface area contributed by atoms with E-state index in [4.69, 9.17) is 0 Å². The first-order chi connectivity index (χ1) is 11.8. The number of aromatic nitrogens is 4. The first kappa shape index (κ1) is 14.1. The number of fused-ring (bicyclic) bond motifs is 1. The highest BCUT2D eigenvalue weighted by Crippen LogP contribution is 2.21. The summed E-state index contributed by atoms with van der Waals surface area (Å²) in [5, 5.41) is 2.80. The fourth-order valence-corrected chi connectivity index (χ4v) is 2.41. The molecule has 0 saturated heterocycles. The van der Waals surface area contributed by atoms with E-state index < -0.39 is 0 Å². The predicted molar refractivity (Wildman–Crippen MR) is 90.6 cm³/mol. The first-order valence-corrected chi connectivity index (χ1v) is 7.41. The standard InChI is InChI=1S/C18H13N5O/c24-18(15-11-19-8-9-20-15)21-14-6-4-13(5-7-14)16-12-23-10-2-1-3-17(23)22-16/h1-12H,(H,21,24). The maximum Gasteiger partial charge on any atom is 0.275 e. The quantitative estimate of drug-likeness (QED) is 0.631. The zero-order valence-corrected chi connectivity index (χ0v) is 12.6. The number of pyridine rings is 1. The molecule has 1 N–H and O–H groups in total. The second-order valence-corrected chi connectivity index (χ2v) is 5.21. The molecule has 0 unspecified atom stereocenters. The Morgan fingerprint density at radius 3 is 2.67 bits per heavy atom. The smallest absolute Gasteiger partial charge is 0.275 e. The highest BCUT2D eigenvalue weighted by atomic mass is 16.1. The van der Waals surface area contributed by atoms with Gasteiger partial charge in [-0.25, -0.2) is 9.97 Å². The zero-order chi connectivity index (χ0) is 16.4. The molecule has 0 radical (unpaired) electrons. The molecule has 1 amide bonds. The Bertz CT molecular complexity index is 960. The van der Waals surface area contributed by atoms with E-state index in [1.807, 2.05) is 59.3 Å². The number of carbonyl (C=O) groups is 1. The maximum atomic E-state index is 12.1. The van der Waals surface area contributed by atoms with Crippen molar-refractivity contribution in [2.75, 3.05) is 5.32 Å². The van der Waals surface area contributed by atoms with Crippen LogP contribution in [0.1, 0.15) is 10.5 Å². The Morgan fingerprint density at radius 2 is 1.92 bits per heavy atom. The van der Waals surface area contributed by atoms with Gasteiger partial charge in [0.2, 0.25) is 0 Å². The SMILES string of the molecule is O=C(Nc1ccc(-c2cn3ccccc3n2)cc1)c1cnccn1. The number of nitrogens with zero attached hydrogens (tertiary/aromatic N) is 4. The van der Waals surface area contributed by atoms with Crippen molar-refractivity contribution in [1.29, 1.82) is 0 Å². The molecule has 0 fully saturated rings. The van der Waals surface area contributed by atoms with Crippen molar-refractivity contribution in [1.82, 2.24) is 19.4 Å². The molecule has 4 rings (SSSR count). The molecule has 0 atom stereocenters. The van der Waals surface area contributed by atoms with Gasteiger partial charge < -0.3 is 9.72 Å². The average Bonchev–Trinajstić information content (AvgIpc) is 3.07. The van der Waals surface area contributed by atoms with Crippen LogP contribution in [0.2, 0.25) is 0 Å². The highest BCUT2D eigenvalue weighted by molar-refractivity contribution is 6.02. The Labute approximate surface area is 137 Å². The van der Waals surface area contributed by atoms with Crippen molar-refractivity contribution in [2.24, 2.45) is 0 Å². The van der Waals surface area contributed by atoms with Crippen LogP contribution in [0.4, 0.5) is 5.69 Å². The van der Waals surface area contributed by atoms with Crippen LogP contribution in [-0.2, 0) is 0 Å². The molecule has 0 aliphatic heterocycles. The normalized spacial score (nSPS) is 10.7. The van der Waals surface area contributed by atoms with Crippen molar-refractivity contribution in [3.63, 3.8) is 0 Å². The summed E-state index contributed by atoms with van der Waals surface area (Å²) in [6.45, 7) is 0. The third-order valence-corrected chi connectivity index (χ3v) is 3.60. The van der Waals surface area contributed by atoms with Gasteiger partial charge in [-0.15, -0.1) is 0 Å². The summed E-state index contributed by atoms with van der Waals surface area (Å²) >= 11 is 0. The number of imidazole rings is 1. The minimum absolute atomic E-state index is 0.280. The molecule has 3 heterocycles. The van der Waals surface area contributed by atoms with Gasteiger partial charge in [0.15, 0.2) is 0 Å². The number of anilines is 1. The molecule has 1 aromatic carbocycles. The van der Waals surface area contributed by atoms with E-state index >= 15 is 0 Å². The van der Waals surface area contributed by atoms with E-state index in [0.717, 1.165) is 16.9 Å². The fourth-order valence-electron chi connectivity index (χ4n) is 2.41. The van der Waals surface area contributed by atoms with Crippen LogP contribution in [0.3, 0.4) is 0 Å². The van der Waals surface area contributed by atoms with E-state index in [0.29, 0.717) is 5.69 Å². The van der Waals surface area contributed by atoms with Gasteiger partial charge in [0.1, 0.15) is 11.3 Å². The van der Waals surface area contributed by atoms with E-state index in [2.05, 4.69) is 20.3 Å². The van der Waals surface area contributed by atoms with E-state index in [9.17, 15) is 4.79 Å².